The highest BCUT2D eigenvalue weighted by Gasteiger charge is 2.35. The molecule has 0 radical (unpaired) electrons. The van der Waals surface area contributed by atoms with Gasteiger partial charge in [0.2, 0.25) is 0 Å². The Morgan fingerprint density at radius 3 is 2.66 bits per heavy atom. The van der Waals surface area contributed by atoms with E-state index in [1.807, 2.05) is 17.5 Å². The molecule has 0 saturated heterocycles. The summed E-state index contributed by atoms with van der Waals surface area (Å²) in [5, 5.41) is 7.23. The molecule has 4 rings (SSSR count). The molecule has 2 aromatic heterocycles. The SMILES string of the molecule is O=C(CSc1nc(C(F)(F)F)cc(=O)[nH]1)N1N=C(c2cccs2)CC1c1ccc(F)cc1. The van der Waals surface area contributed by atoms with Gasteiger partial charge in [0.05, 0.1) is 22.4 Å². The van der Waals surface area contributed by atoms with E-state index in [4.69, 9.17) is 0 Å². The first-order valence-electron chi connectivity index (χ1n) is 9.21. The van der Waals surface area contributed by atoms with E-state index in [2.05, 4.69) is 15.1 Å². The van der Waals surface area contributed by atoms with Crippen LogP contribution >= 0.6 is 23.1 Å². The van der Waals surface area contributed by atoms with Crippen molar-refractivity contribution < 1.29 is 22.4 Å². The van der Waals surface area contributed by atoms with Gasteiger partial charge in [-0.3, -0.25) is 9.59 Å². The van der Waals surface area contributed by atoms with Crippen molar-refractivity contribution in [1.29, 1.82) is 0 Å². The van der Waals surface area contributed by atoms with Crippen LogP contribution in [-0.4, -0.2) is 32.3 Å². The summed E-state index contributed by atoms with van der Waals surface area (Å²) in [6.45, 7) is 0. The molecule has 0 aliphatic carbocycles. The maximum Gasteiger partial charge on any atom is 0.433 e. The number of nitrogens with one attached hydrogen (secondary N) is 1. The van der Waals surface area contributed by atoms with Crippen molar-refractivity contribution in [2.45, 2.75) is 23.8 Å². The number of rotatable bonds is 5. The van der Waals surface area contributed by atoms with Gasteiger partial charge in [0.1, 0.15) is 5.82 Å². The molecule has 32 heavy (non-hydrogen) atoms. The summed E-state index contributed by atoms with van der Waals surface area (Å²) in [7, 11) is 0. The van der Waals surface area contributed by atoms with Crippen LogP contribution in [0.2, 0.25) is 0 Å². The first-order valence-corrected chi connectivity index (χ1v) is 11.1. The van der Waals surface area contributed by atoms with E-state index in [9.17, 15) is 27.2 Å². The molecule has 12 heteroatoms. The lowest BCUT2D eigenvalue weighted by atomic mass is 10.0. The summed E-state index contributed by atoms with van der Waals surface area (Å²) < 4.78 is 52.0. The van der Waals surface area contributed by atoms with E-state index < -0.39 is 35.2 Å². The normalized spacial score (nSPS) is 16.3. The van der Waals surface area contributed by atoms with Crippen molar-refractivity contribution in [1.82, 2.24) is 15.0 Å². The van der Waals surface area contributed by atoms with Gasteiger partial charge in [0, 0.05) is 12.5 Å². The fourth-order valence-electron chi connectivity index (χ4n) is 3.12. The lowest BCUT2D eigenvalue weighted by molar-refractivity contribution is -0.141. The van der Waals surface area contributed by atoms with E-state index >= 15 is 0 Å². The number of aromatic nitrogens is 2. The number of nitrogens with zero attached hydrogens (tertiary/aromatic N) is 3. The summed E-state index contributed by atoms with van der Waals surface area (Å²) in [6, 6.07) is 9.28. The Kier molecular flexibility index (Phi) is 6.15. The van der Waals surface area contributed by atoms with Gasteiger partial charge in [0.15, 0.2) is 10.9 Å². The van der Waals surface area contributed by atoms with E-state index in [0.29, 0.717) is 35.5 Å². The number of thiophene rings is 1. The van der Waals surface area contributed by atoms with Crippen LogP contribution in [0.5, 0.6) is 0 Å². The monoisotopic (exact) mass is 482 g/mol. The number of hydrazone groups is 1. The Hall–Kier alpha value is -2.99. The molecule has 0 saturated carbocycles. The highest BCUT2D eigenvalue weighted by Crippen LogP contribution is 2.35. The summed E-state index contributed by atoms with van der Waals surface area (Å²) in [5.74, 6) is -1.21. The van der Waals surface area contributed by atoms with Gasteiger partial charge in [-0.2, -0.15) is 18.3 Å². The molecule has 3 aromatic rings. The number of hydrogen-bond acceptors (Lipinski definition) is 6. The Morgan fingerprint density at radius 1 is 1.25 bits per heavy atom. The predicted molar refractivity (Wildman–Crippen MR) is 112 cm³/mol. The summed E-state index contributed by atoms with van der Waals surface area (Å²) in [5.41, 5.74) is -0.950. The zero-order valence-electron chi connectivity index (χ0n) is 16.1. The molecule has 3 heterocycles. The van der Waals surface area contributed by atoms with Crippen LogP contribution in [0.15, 0.2) is 62.9 Å². The third-order valence-corrected chi connectivity index (χ3v) is 6.35. The van der Waals surface area contributed by atoms with E-state index in [0.717, 1.165) is 4.88 Å². The molecule has 1 unspecified atom stereocenters. The lowest BCUT2D eigenvalue weighted by Crippen LogP contribution is -2.29. The summed E-state index contributed by atoms with van der Waals surface area (Å²) in [4.78, 5) is 30.9. The highest BCUT2D eigenvalue weighted by atomic mass is 32.2. The van der Waals surface area contributed by atoms with Crippen molar-refractivity contribution in [3.63, 3.8) is 0 Å². The third kappa shape index (κ3) is 4.91. The van der Waals surface area contributed by atoms with Gasteiger partial charge in [-0.1, -0.05) is 30.0 Å². The molecule has 6 nitrogen and oxygen atoms in total. The quantitative estimate of drug-likeness (QED) is 0.331. The summed E-state index contributed by atoms with van der Waals surface area (Å²) in [6.07, 6.45) is -4.38. The third-order valence-electron chi connectivity index (χ3n) is 4.57. The predicted octanol–water partition coefficient (Wildman–Crippen LogP) is 4.46. The van der Waals surface area contributed by atoms with Crippen molar-refractivity contribution in [3.05, 3.63) is 80.2 Å². The maximum absolute atomic E-state index is 13.4. The number of benzene rings is 1. The zero-order valence-corrected chi connectivity index (χ0v) is 17.7. The zero-order chi connectivity index (χ0) is 22.9. The van der Waals surface area contributed by atoms with E-state index in [-0.39, 0.29) is 10.9 Å². The average molecular weight is 482 g/mol. The number of amides is 1. The van der Waals surface area contributed by atoms with Crippen molar-refractivity contribution in [2.24, 2.45) is 5.10 Å². The van der Waals surface area contributed by atoms with Crippen LogP contribution < -0.4 is 5.56 Å². The second-order valence-electron chi connectivity index (χ2n) is 6.76. The molecule has 1 amide bonds. The number of thioether (sulfide) groups is 1. The molecule has 1 aliphatic rings. The fourth-order valence-corrected chi connectivity index (χ4v) is 4.57. The maximum atomic E-state index is 13.4. The standard InChI is InChI=1S/C20H14F4N4O2S2/c21-12-5-3-11(4-6-12)14-8-13(15-2-1-7-31-15)27-28(14)18(30)10-32-19-25-16(20(22,23)24)9-17(29)26-19/h1-7,9,14H,8,10H2,(H,25,26,29). The lowest BCUT2D eigenvalue weighted by Gasteiger charge is -2.22. The number of carbonyl (C=O) groups is 1. The van der Waals surface area contributed by atoms with Gasteiger partial charge in [-0.25, -0.2) is 14.4 Å². The minimum atomic E-state index is -4.78. The molecule has 0 spiro atoms. The van der Waals surface area contributed by atoms with Crippen molar-refractivity contribution in [2.75, 3.05) is 5.75 Å². The van der Waals surface area contributed by atoms with Crippen LogP contribution in [0.3, 0.4) is 0 Å². The Balaban J connectivity index is 1.56. The van der Waals surface area contributed by atoms with Crippen LogP contribution in [0.25, 0.3) is 0 Å². The Bertz CT molecular complexity index is 1210. The smallest absolute Gasteiger partial charge is 0.301 e. The fraction of sp³-hybridized carbons (Fsp3) is 0.200. The van der Waals surface area contributed by atoms with Gasteiger partial charge in [-0.05, 0) is 29.1 Å². The molecular formula is C20H14F4N4O2S2. The van der Waals surface area contributed by atoms with Crippen LogP contribution in [0.4, 0.5) is 17.6 Å². The molecule has 1 aromatic carbocycles. The number of halogens is 4. The van der Waals surface area contributed by atoms with E-state index in [1.54, 1.807) is 12.1 Å². The van der Waals surface area contributed by atoms with Crippen molar-refractivity contribution >= 4 is 34.7 Å². The average Bonchev–Trinajstić information content (AvgIpc) is 3.41. The number of hydrogen-bond donors (Lipinski definition) is 1. The van der Waals surface area contributed by atoms with Gasteiger partial charge in [0.25, 0.3) is 11.5 Å². The van der Waals surface area contributed by atoms with Crippen LogP contribution in [-0.2, 0) is 11.0 Å². The second kappa shape index (κ2) is 8.87. The molecule has 0 bridgehead atoms. The first-order chi connectivity index (χ1) is 15.2. The van der Waals surface area contributed by atoms with Crippen LogP contribution in [0, 0.1) is 5.82 Å². The molecule has 1 aliphatic heterocycles. The Labute approximate surface area is 187 Å². The topological polar surface area (TPSA) is 78.4 Å². The van der Waals surface area contributed by atoms with Crippen molar-refractivity contribution in [3.8, 4) is 0 Å². The number of carbonyl (C=O) groups excluding carboxylic acids is 1. The molecule has 166 valence electrons. The molecule has 1 N–H and O–H groups in total. The molecule has 0 fully saturated rings. The Morgan fingerprint density at radius 2 is 2.00 bits per heavy atom. The molecular weight excluding hydrogens is 468 g/mol. The van der Waals surface area contributed by atoms with Gasteiger partial charge >= 0.3 is 6.18 Å². The minimum absolute atomic E-state index is 0.302. The van der Waals surface area contributed by atoms with Gasteiger partial charge in [-0.15, -0.1) is 11.3 Å². The second-order valence-corrected chi connectivity index (χ2v) is 8.67. The first kappa shape index (κ1) is 22.2. The van der Waals surface area contributed by atoms with Crippen LogP contribution in [0.1, 0.15) is 28.6 Å². The minimum Gasteiger partial charge on any atom is -0.301 e. The molecule has 1 atom stereocenters. The number of aromatic amines is 1. The number of H-pyrrole nitrogens is 1. The number of alkyl halides is 3. The summed E-state index contributed by atoms with van der Waals surface area (Å²) >= 11 is 2.13. The highest BCUT2D eigenvalue weighted by molar-refractivity contribution is 7.99. The van der Waals surface area contributed by atoms with Gasteiger partial charge < -0.3 is 4.98 Å². The van der Waals surface area contributed by atoms with E-state index in [1.165, 1.54) is 28.5 Å². The largest absolute Gasteiger partial charge is 0.433 e.